The first-order valence-electron chi connectivity index (χ1n) is 2.93. The maximum Gasteiger partial charge on any atom is 0.269 e. The lowest BCUT2D eigenvalue weighted by Crippen LogP contribution is -2.29. The largest absolute Gasteiger partial charge is 0.289 e. The van der Waals surface area contributed by atoms with Gasteiger partial charge in [-0.1, -0.05) is 28.3 Å². The number of H-pyrrole nitrogens is 1. The van der Waals surface area contributed by atoms with Crippen LogP contribution in [0.5, 0.6) is 0 Å². The third kappa shape index (κ3) is 2.31. The Morgan fingerprint density at radius 1 is 1.67 bits per heavy atom. The monoisotopic (exact) mass is 209 g/mol. The van der Waals surface area contributed by atoms with Crippen LogP contribution in [0, 0.1) is 0 Å². The van der Waals surface area contributed by atoms with Gasteiger partial charge in [0, 0.05) is 0 Å². The van der Waals surface area contributed by atoms with Crippen molar-refractivity contribution in [1.82, 2.24) is 20.6 Å². The predicted molar refractivity (Wildman–Crippen MR) is 42.9 cm³/mol. The fourth-order valence-electron chi connectivity index (χ4n) is 0.426. The van der Waals surface area contributed by atoms with Gasteiger partial charge in [-0.3, -0.25) is 10.1 Å². The van der Waals surface area contributed by atoms with E-state index in [0.29, 0.717) is 0 Å². The van der Waals surface area contributed by atoms with Crippen molar-refractivity contribution in [2.24, 2.45) is 0 Å². The number of hydrogen-bond donors (Lipinski definition) is 2. The second-order valence-corrected chi connectivity index (χ2v) is 3.78. The Kier molecular flexibility index (Phi) is 2.49. The van der Waals surface area contributed by atoms with Crippen molar-refractivity contribution in [2.75, 3.05) is 5.32 Å². The molecule has 0 radical (unpaired) electrons. The van der Waals surface area contributed by atoms with Crippen LogP contribution in [0.3, 0.4) is 0 Å². The molecule has 1 amide bonds. The Morgan fingerprint density at radius 2 is 2.33 bits per heavy atom. The first-order valence-corrected chi connectivity index (χ1v) is 3.68. The standard InChI is InChI=1S/C4H5Cl2N5O/c1-4(5,6)2(12)7-3-8-10-11-9-3/h1H3,(H2,7,8,9,10,11,12). The minimum atomic E-state index is -1.50. The number of tetrazole rings is 1. The van der Waals surface area contributed by atoms with E-state index in [9.17, 15) is 4.79 Å². The summed E-state index contributed by atoms with van der Waals surface area (Å²) in [5.74, 6) is -0.570. The lowest BCUT2D eigenvalue weighted by molar-refractivity contribution is -0.116. The number of rotatable bonds is 2. The highest BCUT2D eigenvalue weighted by Crippen LogP contribution is 2.20. The number of nitrogens with one attached hydrogen (secondary N) is 2. The van der Waals surface area contributed by atoms with Crippen molar-refractivity contribution in [3.8, 4) is 0 Å². The first kappa shape index (κ1) is 9.21. The lowest BCUT2D eigenvalue weighted by atomic mass is 10.4. The Balaban J connectivity index is 2.60. The zero-order valence-corrected chi connectivity index (χ0v) is 7.52. The van der Waals surface area contributed by atoms with E-state index in [-0.39, 0.29) is 5.95 Å². The van der Waals surface area contributed by atoms with E-state index in [4.69, 9.17) is 23.2 Å². The molecular weight excluding hydrogens is 205 g/mol. The Hall–Kier alpha value is -0.880. The van der Waals surface area contributed by atoms with Crippen LogP contribution in [0.15, 0.2) is 0 Å². The fraction of sp³-hybridized carbons (Fsp3) is 0.500. The number of aromatic nitrogens is 4. The van der Waals surface area contributed by atoms with Gasteiger partial charge in [-0.15, -0.1) is 5.10 Å². The number of hydrogen-bond acceptors (Lipinski definition) is 4. The van der Waals surface area contributed by atoms with Gasteiger partial charge in [-0.05, 0) is 12.1 Å². The van der Waals surface area contributed by atoms with Crippen molar-refractivity contribution >= 4 is 35.1 Å². The topological polar surface area (TPSA) is 83.6 Å². The van der Waals surface area contributed by atoms with Gasteiger partial charge in [0.1, 0.15) is 0 Å². The molecule has 0 aliphatic rings. The molecule has 0 saturated heterocycles. The van der Waals surface area contributed by atoms with E-state index in [1.807, 2.05) is 0 Å². The minimum Gasteiger partial charge on any atom is -0.289 e. The van der Waals surface area contributed by atoms with Crippen LogP contribution in [0.1, 0.15) is 6.92 Å². The average Bonchev–Trinajstić information content (AvgIpc) is 2.37. The molecule has 0 atom stereocenters. The van der Waals surface area contributed by atoms with E-state index in [2.05, 4.69) is 25.9 Å². The SMILES string of the molecule is CC(Cl)(Cl)C(=O)Nc1nn[nH]n1. The summed E-state index contributed by atoms with van der Waals surface area (Å²) in [4.78, 5) is 11.0. The molecule has 0 spiro atoms. The minimum absolute atomic E-state index is 0.0347. The highest BCUT2D eigenvalue weighted by molar-refractivity contribution is 6.58. The maximum atomic E-state index is 11.0. The second kappa shape index (κ2) is 3.24. The summed E-state index contributed by atoms with van der Waals surface area (Å²) in [6, 6.07) is 0. The van der Waals surface area contributed by atoms with Gasteiger partial charge < -0.3 is 0 Å². The van der Waals surface area contributed by atoms with Gasteiger partial charge in [0.2, 0.25) is 0 Å². The molecule has 66 valence electrons. The summed E-state index contributed by atoms with van der Waals surface area (Å²) in [7, 11) is 0. The summed E-state index contributed by atoms with van der Waals surface area (Å²) in [5, 5.41) is 14.6. The van der Waals surface area contributed by atoms with Crippen LogP contribution in [0.4, 0.5) is 5.95 Å². The van der Waals surface area contributed by atoms with Gasteiger partial charge in [-0.2, -0.15) is 5.21 Å². The fourth-order valence-corrected chi connectivity index (χ4v) is 0.521. The molecule has 0 aliphatic heterocycles. The van der Waals surface area contributed by atoms with E-state index in [0.717, 1.165) is 0 Å². The molecule has 0 unspecified atom stereocenters. The number of carbonyl (C=O) groups excluding carboxylic acids is 1. The number of halogens is 2. The van der Waals surface area contributed by atoms with Gasteiger partial charge in [0.15, 0.2) is 4.33 Å². The van der Waals surface area contributed by atoms with Crippen molar-refractivity contribution < 1.29 is 4.79 Å². The average molecular weight is 210 g/mol. The molecule has 0 aliphatic carbocycles. The third-order valence-corrected chi connectivity index (χ3v) is 1.31. The van der Waals surface area contributed by atoms with Crippen LogP contribution in [-0.2, 0) is 4.79 Å². The number of amides is 1. The van der Waals surface area contributed by atoms with Crippen molar-refractivity contribution in [2.45, 2.75) is 11.3 Å². The zero-order chi connectivity index (χ0) is 9.19. The van der Waals surface area contributed by atoms with Crippen molar-refractivity contribution in [3.05, 3.63) is 0 Å². The molecular formula is C4H5Cl2N5O. The second-order valence-electron chi connectivity index (χ2n) is 2.08. The molecule has 0 bridgehead atoms. The molecule has 6 nitrogen and oxygen atoms in total. The summed E-state index contributed by atoms with van der Waals surface area (Å²) in [6.07, 6.45) is 0. The van der Waals surface area contributed by atoms with Gasteiger partial charge in [-0.25, -0.2) is 0 Å². The van der Waals surface area contributed by atoms with Crippen molar-refractivity contribution in [1.29, 1.82) is 0 Å². The number of carbonyl (C=O) groups is 1. The molecule has 0 aromatic carbocycles. The predicted octanol–water partition coefficient (Wildman–Crippen LogP) is 0.332. The van der Waals surface area contributed by atoms with E-state index >= 15 is 0 Å². The number of anilines is 1. The maximum absolute atomic E-state index is 11.0. The number of alkyl halides is 2. The molecule has 0 saturated carbocycles. The smallest absolute Gasteiger partial charge is 0.269 e. The Morgan fingerprint density at radius 3 is 2.75 bits per heavy atom. The number of nitrogens with zero attached hydrogens (tertiary/aromatic N) is 3. The highest BCUT2D eigenvalue weighted by Gasteiger charge is 2.28. The summed E-state index contributed by atoms with van der Waals surface area (Å²) in [5.41, 5.74) is 0. The van der Waals surface area contributed by atoms with Crippen LogP contribution in [0.2, 0.25) is 0 Å². The lowest BCUT2D eigenvalue weighted by Gasteiger charge is -2.09. The number of aromatic amines is 1. The summed E-state index contributed by atoms with van der Waals surface area (Å²) < 4.78 is -1.50. The van der Waals surface area contributed by atoms with Gasteiger partial charge in [0.05, 0.1) is 0 Å². The van der Waals surface area contributed by atoms with Crippen LogP contribution >= 0.6 is 23.2 Å². The van der Waals surface area contributed by atoms with Crippen LogP contribution in [0.25, 0.3) is 0 Å². The van der Waals surface area contributed by atoms with Crippen LogP contribution in [-0.4, -0.2) is 30.9 Å². The quantitative estimate of drug-likeness (QED) is 0.689. The molecule has 12 heavy (non-hydrogen) atoms. The molecule has 1 heterocycles. The van der Waals surface area contributed by atoms with Gasteiger partial charge >= 0.3 is 0 Å². The summed E-state index contributed by atoms with van der Waals surface area (Å²) >= 11 is 10.9. The highest BCUT2D eigenvalue weighted by atomic mass is 35.5. The molecule has 2 N–H and O–H groups in total. The van der Waals surface area contributed by atoms with Crippen LogP contribution < -0.4 is 5.32 Å². The Bertz CT molecular complexity index is 265. The molecule has 0 fully saturated rings. The Labute approximate surface area is 77.6 Å². The van der Waals surface area contributed by atoms with E-state index in [1.54, 1.807) is 0 Å². The molecule has 1 rings (SSSR count). The normalized spacial score (nSPS) is 11.2. The van der Waals surface area contributed by atoms with Crippen molar-refractivity contribution in [3.63, 3.8) is 0 Å². The third-order valence-electron chi connectivity index (χ3n) is 0.969. The first-order chi connectivity index (χ1) is 5.50. The zero-order valence-electron chi connectivity index (χ0n) is 6.01. The van der Waals surface area contributed by atoms with E-state index in [1.165, 1.54) is 6.92 Å². The van der Waals surface area contributed by atoms with Gasteiger partial charge in [0.25, 0.3) is 11.9 Å². The molecule has 1 aromatic heterocycles. The summed E-state index contributed by atoms with van der Waals surface area (Å²) in [6.45, 7) is 1.34. The molecule has 8 heteroatoms. The van der Waals surface area contributed by atoms with E-state index < -0.39 is 10.2 Å². The molecule has 1 aromatic rings.